The molecule has 1 heterocycles. The van der Waals surface area contributed by atoms with E-state index in [1.165, 1.54) is 6.26 Å². The fraction of sp³-hybridized carbons (Fsp3) is 0.0435. The lowest BCUT2D eigenvalue weighted by molar-refractivity contribution is -0.118. The van der Waals surface area contributed by atoms with E-state index in [4.69, 9.17) is 4.42 Å². The van der Waals surface area contributed by atoms with Gasteiger partial charge in [-0.2, -0.15) is 0 Å². The molecule has 0 aliphatic heterocycles. The van der Waals surface area contributed by atoms with Crippen LogP contribution in [0.4, 0.5) is 0 Å². The molecule has 2 aromatic carbocycles. The molecule has 3 aromatic rings. The topological polar surface area (TPSA) is 71.3 Å². The van der Waals surface area contributed by atoms with Gasteiger partial charge in [0.2, 0.25) is 0 Å². The van der Waals surface area contributed by atoms with Crippen LogP contribution < -0.4 is 10.6 Å². The van der Waals surface area contributed by atoms with Gasteiger partial charge < -0.3 is 15.1 Å². The van der Waals surface area contributed by atoms with Gasteiger partial charge in [-0.1, -0.05) is 60.7 Å². The summed E-state index contributed by atoms with van der Waals surface area (Å²) in [4.78, 5) is 25.0. The van der Waals surface area contributed by atoms with Gasteiger partial charge in [-0.3, -0.25) is 9.59 Å². The van der Waals surface area contributed by atoms with Gasteiger partial charge >= 0.3 is 0 Å². The van der Waals surface area contributed by atoms with Crippen molar-refractivity contribution in [2.45, 2.75) is 6.54 Å². The lowest BCUT2D eigenvalue weighted by atomic mass is 10.2. The lowest BCUT2D eigenvalue weighted by Gasteiger charge is -2.10. The highest BCUT2D eigenvalue weighted by Gasteiger charge is 2.14. The van der Waals surface area contributed by atoms with Gasteiger partial charge in [0.15, 0.2) is 0 Å². The third-order valence-electron chi connectivity index (χ3n) is 3.88. The minimum Gasteiger partial charge on any atom is -0.467 e. The van der Waals surface area contributed by atoms with Gasteiger partial charge in [-0.15, -0.1) is 0 Å². The molecular formula is C23H20N2O3. The summed E-state index contributed by atoms with van der Waals surface area (Å²) in [5.41, 5.74) is 1.61. The van der Waals surface area contributed by atoms with Gasteiger partial charge in [-0.25, -0.2) is 0 Å². The molecular weight excluding hydrogens is 352 g/mol. The number of carbonyl (C=O) groups is 2. The molecule has 1 aromatic heterocycles. The lowest BCUT2D eigenvalue weighted by Crippen LogP contribution is -2.34. The van der Waals surface area contributed by atoms with Crippen LogP contribution in [-0.2, 0) is 11.3 Å². The Hall–Kier alpha value is -3.86. The molecule has 0 aliphatic carbocycles. The first-order chi connectivity index (χ1) is 13.7. The molecule has 0 saturated heterocycles. The standard InChI is InChI=1S/C23H20N2O3/c26-22(19-12-5-2-6-13-19)25-21(15-7-11-18-9-3-1-4-10-18)23(27)24-17-20-14-8-16-28-20/h1-16H,17H2,(H,24,27)(H,25,26). The maximum atomic E-state index is 12.6. The molecule has 0 atom stereocenters. The zero-order chi connectivity index (χ0) is 19.6. The molecule has 0 radical (unpaired) electrons. The van der Waals surface area contributed by atoms with Crippen LogP contribution in [0.15, 0.2) is 101 Å². The van der Waals surface area contributed by atoms with Gasteiger partial charge in [0, 0.05) is 5.56 Å². The maximum Gasteiger partial charge on any atom is 0.268 e. The summed E-state index contributed by atoms with van der Waals surface area (Å²) < 4.78 is 5.22. The van der Waals surface area contributed by atoms with E-state index in [1.807, 2.05) is 42.5 Å². The molecule has 3 rings (SSSR count). The number of amides is 2. The Bertz CT molecular complexity index is 960. The van der Waals surface area contributed by atoms with Crippen LogP contribution in [0.5, 0.6) is 0 Å². The molecule has 0 fully saturated rings. The summed E-state index contributed by atoms with van der Waals surface area (Å²) in [5.74, 6) is -0.131. The molecule has 2 amide bonds. The van der Waals surface area contributed by atoms with Crippen molar-refractivity contribution >= 4 is 17.9 Å². The Labute approximate surface area is 163 Å². The maximum absolute atomic E-state index is 12.6. The zero-order valence-corrected chi connectivity index (χ0v) is 15.2. The van der Waals surface area contributed by atoms with Crippen molar-refractivity contribution in [1.29, 1.82) is 0 Å². The second-order valence-corrected chi connectivity index (χ2v) is 5.93. The summed E-state index contributed by atoms with van der Waals surface area (Å²) >= 11 is 0. The average molecular weight is 372 g/mol. The average Bonchev–Trinajstić information content (AvgIpc) is 3.26. The first-order valence-electron chi connectivity index (χ1n) is 8.83. The molecule has 0 unspecified atom stereocenters. The van der Waals surface area contributed by atoms with E-state index in [9.17, 15) is 9.59 Å². The van der Waals surface area contributed by atoms with Crippen LogP contribution >= 0.6 is 0 Å². The number of hydrogen-bond acceptors (Lipinski definition) is 3. The first-order valence-corrected chi connectivity index (χ1v) is 8.83. The van der Waals surface area contributed by atoms with Crippen molar-refractivity contribution < 1.29 is 14.0 Å². The third kappa shape index (κ3) is 5.57. The smallest absolute Gasteiger partial charge is 0.268 e. The predicted octanol–water partition coefficient (Wildman–Crippen LogP) is 3.92. The van der Waals surface area contributed by atoms with E-state index in [1.54, 1.807) is 48.6 Å². The molecule has 5 heteroatoms. The number of nitrogens with one attached hydrogen (secondary N) is 2. The van der Waals surface area contributed by atoms with Crippen LogP contribution in [-0.4, -0.2) is 11.8 Å². The van der Waals surface area contributed by atoms with Crippen molar-refractivity contribution in [3.05, 3.63) is 114 Å². The quantitative estimate of drug-likeness (QED) is 0.488. The molecule has 0 spiro atoms. The Morgan fingerprint density at radius 1 is 0.893 bits per heavy atom. The first kappa shape index (κ1) is 18.9. The zero-order valence-electron chi connectivity index (χ0n) is 15.2. The molecule has 2 N–H and O–H groups in total. The van der Waals surface area contributed by atoms with Crippen molar-refractivity contribution in [3.8, 4) is 0 Å². The number of hydrogen-bond donors (Lipinski definition) is 2. The van der Waals surface area contributed by atoms with Crippen LogP contribution in [0.1, 0.15) is 21.7 Å². The van der Waals surface area contributed by atoms with Gasteiger partial charge in [0.05, 0.1) is 12.8 Å². The van der Waals surface area contributed by atoms with E-state index < -0.39 is 5.91 Å². The Kier molecular flexibility index (Phi) is 6.57. The summed E-state index contributed by atoms with van der Waals surface area (Å²) in [6, 6.07) is 21.9. The SMILES string of the molecule is O=C(NCc1ccco1)C(=CC=Cc1ccccc1)NC(=O)c1ccccc1. The molecule has 0 aliphatic rings. The van der Waals surface area contributed by atoms with Crippen LogP contribution in [0.2, 0.25) is 0 Å². The number of allylic oxidation sites excluding steroid dienone is 2. The van der Waals surface area contributed by atoms with Gasteiger partial charge in [0.25, 0.3) is 11.8 Å². The fourth-order valence-corrected chi connectivity index (χ4v) is 2.45. The van der Waals surface area contributed by atoms with Gasteiger partial charge in [0.1, 0.15) is 11.5 Å². The highest BCUT2D eigenvalue weighted by Crippen LogP contribution is 2.05. The van der Waals surface area contributed by atoms with Crippen LogP contribution in [0.25, 0.3) is 6.08 Å². The van der Waals surface area contributed by atoms with E-state index in [2.05, 4.69) is 10.6 Å². The van der Waals surface area contributed by atoms with Crippen molar-refractivity contribution in [2.75, 3.05) is 0 Å². The van der Waals surface area contributed by atoms with E-state index in [-0.39, 0.29) is 18.1 Å². The van der Waals surface area contributed by atoms with Crippen molar-refractivity contribution in [1.82, 2.24) is 10.6 Å². The van der Waals surface area contributed by atoms with Crippen molar-refractivity contribution in [3.63, 3.8) is 0 Å². The largest absolute Gasteiger partial charge is 0.467 e. The minimum absolute atomic E-state index is 0.146. The van der Waals surface area contributed by atoms with Crippen LogP contribution in [0, 0.1) is 0 Å². The highest BCUT2D eigenvalue weighted by atomic mass is 16.3. The second-order valence-electron chi connectivity index (χ2n) is 5.93. The number of rotatable bonds is 7. The number of carbonyl (C=O) groups excluding carboxylic acids is 2. The molecule has 28 heavy (non-hydrogen) atoms. The van der Waals surface area contributed by atoms with Gasteiger partial charge in [-0.05, 0) is 35.9 Å². The Morgan fingerprint density at radius 3 is 2.29 bits per heavy atom. The predicted molar refractivity (Wildman–Crippen MR) is 108 cm³/mol. The van der Waals surface area contributed by atoms with E-state index in [0.717, 1.165) is 5.56 Å². The van der Waals surface area contributed by atoms with E-state index in [0.29, 0.717) is 11.3 Å². The number of furan rings is 1. The summed E-state index contributed by atoms with van der Waals surface area (Å²) in [6.07, 6.45) is 6.69. The number of benzene rings is 2. The normalized spacial score (nSPS) is 11.4. The Morgan fingerprint density at radius 2 is 1.61 bits per heavy atom. The van der Waals surface area contributed by atoms with Crippen LogP contribution in [0.3, 0.4) is 0 Å². The van der Waals surface area contributed by atoms with E-state index >= 15 is 0 Å². The highest BCUT2D eigenvalue weighted by molar-refractivity contribution is 6.02. The minimum atomic E-state index is -0.404. The summed E-state index contributed by atoms with van der Waals surface area (Å²) in [5, 5.41) is 5.42. The fourth-order valence-electron chi connectivity index (χ4n) is 2.45. The molecule has 0 saturated carbocycles. The second kappa shape index (κ2) is 9.73. The molecule has 0 bridgehead atoms. The molecule has 5 nitrogen and oxygen atoms in total. The summed E-state index contributed by atoms with van der Waals surface area (Å²) in [7, 11) is 0. The monoisotopic (exact) mass is 372 g/mol. The molecule has 140 valence electrons. The third-order valence-corrected chi connectivity index (χ3v) is 3.88. The van der Waals surface area contributed by atoms with Crippen molar-refractivity contribution in [2.24, 2.45) is 0 Å². The summed E-state index contributed by atoms with van der Waals surface area (Å²) in [6.45, 7) is 0.229. The Balaban J connectivity index is 1.74.